The number of carboxylic acid groups (broad SMARTS) is 1. The molecule has 0 heterocycles. The number of carboxylic acids is 1. The Labute approximate surface area is 123 Å². The number of aliphatic carboxylic acids is 1. The average Bonchev–Trinajstić information content (AvgIpc) is 2.45. The van der Waals surface area contributed by atoms with Crippen molar-refractivity contribution in [3.63, 3.8) is 0 Å². The highest BCUT2D eigenvalue weighted by Gasteiger charge is 2.18. The van der Waals surface area contributed by atoms with Crippen molar-refractivity contribution in [2.75, 3.05) is 41.0 Å². The van der Waals surface area contributed by atoms with Gasteiger partial charge in [-0.05, 0) is 0 Å². The van der Waals surface area contributed by atoms with E-state index in [2.05, 4.69) is 0 Å². The maximum Gasteiger partial charge on any atom is 0.317 e. The quantitative estimate of drug-likeness (QED) is 0.743. The van der Waals surface area contributed by atoms with Crippen LogP contribution in [-0.2, 0) is 16.1 Å². The first-order valence-electron chi connectivity index (χ1n) is 6.35. The van der Waals surface area contributed by atoms with Crippen molar-refractivity contribution in [1.29, 1.82) is 0 Å². The van der Waals surface area contributed by atoms with Crippen LogP contribution in [0.3, 0.4) is 0 Å². The Hall–Kier alpha value is -1.86. The van der Waals surface area contributed by atoms with Crippen LogP contribution in [0.15, 0.2) is 12.1 Å². The molecule has 0 spiro atoms. The number of hydrogen-bond acceptors (Lipinski definition) is 5. The van der Waals surface area contributed by atoms with E-state index in [1.54, 1.807) is 4.90 Å². The maximum atomic E-state index is 13.4. The van der Waals surface area contributed by atoms with E-state index in [1.165, 1.54) is 33.5 Å². The van der Waals surface area contributed by atoms with E-state index in [0.717, 1.165) is 0 Å². The van der Waals surface area contributed by atoms with Gasteiger partial charge in [-0.3, -0.25) is 9.69 Å². The first-order chi connectivity index (χ1) is 10.0. The molecule has 0 unspecified atom stereocenters. The van der Waals surface area contributed by atoms with Gasteiger partial charge in [-0.1, -0.05) is 0 Å². The molecule has 0 aliphatic heterocycles. The number of benzene rings is 1. The molecule has 0 amide bonds. The Balaban J connectivity index is 3.02. The van der Waals surface area contributed by atoms with E-state index in [-0.39, 0.29) is 13.1 Å². The van der Waals surface area contributed by atoms with Gasteiger partial charge in [-0.25, -0.2) is 4.39 Å². The Morgan fingerprint density at radius 3 is 2.24 bits per heavy atom. The predicted molar refractivity (Wildman–Crippen MR) is 74.3 cm³/mol. The van der Waals surface area contributed by atoms with Crippen molar-refractivity contribution in [2.24, 2.45) is 0 Å². The molecule has 0 aliphatic rings. The fourth-order valence-corrected chi connectivity index (χ4v) is 1.96. The molecule has 1 rings (SSSR count). The van der Waals surface area contributed by atoms with Gasteiger partial charge in [0.15, 0.2) is 0 Å². The van der Waals surface area contributed by atoms with Gasteiger partial charge in [0, 0.05) is 32.3 Å². The van der Waals surface area contributed by atoms with Crippen LogP contribution in [-0.4, -0.2) is 57.0 Å². The molecule has 0 saturated carbocycles. The fourth-order valence-electron chi connectivity index (χ4n) is 1.96. The average molecular weight is 301 g/mol. The number of carbonyl (C=O) groups is 1. The first-order valence-corrected chi connectivity index (χ1v) is 6.35. The molecule has 118 valence electrons. The molecule has 1 N–H and O–H groups in total. The number of halogens is 1. The second-order valence-electron chi connectivity index (χ2n) is 4.39. The Morgan fingerprint density at radius 2 is 1.81 bits per heavy atom. The molecule has 0 saturated heterocycles. The summed E-state index contributed by atoms with van der Waals surface area (Å²) in [5.74, 6) is -0.792. The first kappa shape index (κ1) is 17.2. The van der Waals surface area contributed by atoms with Crippen molar-refractivity contribution in [1.82, 2.24) is 4.90 Å². The molecule has 1 aromatic rings. The predicted octanol–water partition coefficient (Wildman–Crippen LogP) is 1.38. The second-order valence-corrected chi connectivity index (χ2v) is 4.39. The summed E-state index contributed by atoms with van der Waals surface area (Å²) in [7, 11) is 4.39. The van der Waals surface area contributed by atoms with E-state index in [0.29, 0.717) is 30.2 Å². The van der Waals surface area contributed by atoms with E-state index in [1.807, 2.05) is 0 Å². The highest BCUT2D eigenvalue weighted by atomic mass is 19.1. The number of hydrogen-bond donors (Lipinski definition) is 1. The molecular weight excluding hydrogens is 281 g/mol. The fraction of sp³-hybridized carbons (Fsp3) is 0.500. The molecule has 0 fully saturated rings. The van der Waals surface area contributed by atoms with Crippen LogP contribution < -0.4 is 9.47 Å². The summed E-state index contributed by atoms with van der Waals surface area (Å²) in [6.07, 6.45) is 0. The Morgan fingerprint density at radius 1 is 1.24 bits per heavy atom. The van der Waals surface area contributed by atoms with E-state index in [4.69, 9.17) is 19.3 Å². The Kier molecular flexibility index (Phi) is 6.90. The summed E-state index contributed by atoms with van der Waals surface area (Å²) < 4.78 is 28.7. The summed E-state index contributed by atoms with van der Waals surface area (Å²) in [6.45, 7) is 0.904. The molecule has 0 radical (unpaired) electrons. The number of nitrogens with zero attached hydrogens (tertiary/aromatic N) is 1. The van der Waals surface area contributed by atoms with Gasteiger partial charge in [0.05, 0.1) is 32.9 Å². The van der Waals surface area contributed by atoms with Crippen LogP contribution in [0.25, 0.3) is 0 Å². The van der Waals surface area contributed by atoms with Crippen molar-refractivity contribution in [3.8, 4) is 11.5 Å². The monoisotopic (exact) mass is 301 g/mol. The lowest BCUT2D eigenvalue weighted by Gasteiger charge is -2.22. The standard InChI is InChI=1S/C14H20FNO5/c1-19-5-4-16(9-14(17)18)8-11-12(20-2)6-10(15)7-13(11)21-3/h6-7H,4-5,8-9H2,1-3H3,(H,17,18). The lowest BCUT2D eigenvalue weighted by Crippen LogP contribution is -2.32. The molecule has 0 aliphatic carbocycles. The van der Waals surface area contributed by atoms with E-state index >= 15 is 0 Å². The summed E-state index contributed by atoms with van der Waals surface area (Å²) in [5.41, 5.74) is 0.596. The van der Waals surface area contributed by atoms with Crippen molar-refractivity contribution in [3.05, 3.63) is 23.5 Å². The summed E-state index contributed by atoms with van der Waals surface area (Å²) in [5, 5.41) is 8.95. The zero-order valence-corrected chi connectivity index (χ0v) is 12.4. The third-order valence-corrected chi connectivity index (χ3v) is 2.92. The van der Waals surface area contributed by atoms with Gasteiger partial charge in [-0.15, -0.1) is 0 Å². The highest BCUT2D eigenvalue weighted by Crippen LogP contribution is 2.31. The topological polar surface area (TPSA) is 68.2 Å². The lowest BCUT2D eigenvalue weighted by molar-refractivity contribution is -0.138. The van der Waals surface area contributed by atoms with Gasteiger partial charge in [0.25, 0.3) is 0 Å². The summed E-state index contributed by atoms with van der Waals surface area (Å²) in [4.78, 5) is 12.6. The molecular formula is C14H20FNO5. The zero-order valence-electron chi connectivity index (χ0n) is 12.4. The molecule has 6 nitrogen and oxygen atoms in total. The van der Waals surface area contributed by atoms with Gasteiger partial charge < -0.3 is 19.3 Å². The van der Waals surface area contributed by atoms with Crippen LogP contribution in [0.4, 0.5) is 4.39 Å². The molecule has 1 aromatic carbocycles. The van der Waals surface area contributed by atoms with E-state index < -0.39 is 11.8 Å². The second kappa shape index (κ2) is 8.43. The van der Waals surface area contributed by atoms with Crippen LogP contribution in [0.5, 0.6) is 11.5 Å². The minimum Gasteiger partial charge on any atom is -0.496 e. The van der Waals surface area contributed by atoms with Crippen molar-refractivity contribution in [2.45, 2.75) is 6.54 Å². The molecule has 0 bridgehead atoms. The summed E-state index contributed by atoms with van der Waals surface area (Å²) in [6, 6.07) is 2.49. The molecule has 21 heavy (non-hydrogen) atoms. The zero-order chi connectivity index (χ0) is 15.8. The minimum atomic E-state index is -0.953. The Bertz CT molecular complexity index is 455. The van der Waals surface area contributed by atoms with Gasteiger partial charge in [-0.2, -0.15) is 0 Å². The van der Waals surface area contributed by atoms with Crippen LogP contribution in [0, 0.1) is 5.82 Å². The molecule has 7 heteroatoms. The SMILES string of the molecule is COCCN(CC(=O)O)Cc1c(OC)cc(F)cc1OC. The van der Waals surface area contributed by atoms with Gasteiger partial charge in [0.2, 0.25) is 0 Å². The highest BCUT2D eigenvalue weighted by molar-refractivity contribution is 5.69. The normalized spacial score (nSPS) is 10.7. The lowest BCUT2D eigenvalue weighted by atomic mass is 10.1. The van der Waals surface area contributed by atoms with Crippen LogP contribution >= 0.6 is 0 Å². The smallest absolute Gasteiger partial charge is 0.317 e. The van der Waals surface area contributed by atoms with Gasteiger partial charge in [0.1, 0.15) is 17.3 Å². The van der Waals surface area contributed by atoms with Crippen LogP contribution in [0.2, 0.25) is 0 Å². The van der Waals surface area contributed by atoms with E-state index in [9.17, 15) is 9.18 Å². The number of methoxy groups -OCH3 is 3. The third-order valence-electron chi connectivity index (χ3n) is 2.92. The van der Waals surface area contributed by atoms with Crippen LogP contribution in [0.1, 0.15) is 5.56 Å². The minimum absolute atomic E-state index is 0.160. The molecule has 0 aromatic heterocycles. The van der Waals surface area contributed by atoms with Gasteiger partial charge >= 0.3 is 5.97 Å². The van der Waals surface area contributed by atoms with Crippen molar-refractivity contribution >= 4 is 5.97 Å². The largest absolute Gasteiger partial charge is 0.496 e. The maximum absolute atomic E-state index is 13.4. The number of ether oxygens (including phenoxy) is 3. The van der Waals surface area contributed by atoms with Crippen molar-refractivity contribution < 1.29 is 28.5 Å². The number of rotatable bonds is 9. The molecule has 0 atom stereocenters. The third kappa shape index (κ3) is 5.20. The summed E-state index contributed by atoms with van der Waals surface area (Å²) >= 11 is 0.